The molecule has 0 saturated heterocycles. The summed E-state index contributed by atoms with van der Waals surface area (Å²) in [6.07, 6.45) is 54.0. The highest BCUT2D eigenvalue weighted by molar-refractivity contribution is 7.45. The van der Waals surface area contributed by atoms with E-state index < -0.39 is 20.0 Å². The van der Waals surface area contributed by atoms with Crippen LogP contribution in [-0.2, 0) is 18.4 Å². The maximum atomic E-state index is 12.9. The summed E-state index contributed by atoms with van der Waals surface area (Å²) in [5.74, 6) is -0.197. The van der Waals surface area contributed by atoms with Crippen LogP contribution in [0.2, 0.25) is 0 Å². The number of phosphoric ester groups is 1. The van der Waals surface area contributed by atoms with Crippen LogP contribution in [0.5, 0.6) is 0 Å². The van der Waals surface area contributed by atoms with Crippen molar-refractivity contribution in [3.05, 3.63) is 24.3 Å². The Morgan fingerprint density at radius 3 is 1.28 bits per heavy atom. The van der Waals surface area contributed by atoms with E-state index in [0.29, 0.717) is 17.4 Å². The molecule has 9 heteroatoms. The maximum Gasteiger partial charge on any atom is 0.268 e. The number of carbonyl (C=O) groups excluding carboxylic acids is 1. The lowest BCUT2D eigenvalue weighted by Crippen LogP contribution is -2.45. The average Bonchev–Trinajstić information content (AvgIpc) is 3.21. The van der Waals surface area contributed by atoms with Crippen LogP contribution in [0.4, 0.5) is 0 Å². The molecule has 0 saturated carbocycles. The lowest BCUT2D eigenvalue weighted by atomic mass is 10.0. The van der Waals surface area contributed by atoms with E-state index in [0.717, 1.165) is 38.5 Å². The van der Waals surface area contributed by atoms with Gasteiger partial charge in [0.1, 0.15) is 13.2 Å². The predicted molar refractivity (Wildman–Crippen MR) is 261 cm³/mol. The van der Waals surface area contributed by atoms with Gasteiger partial charge in [-0.3, -0.25) is 9.36 Å². The Balaban J connectivity index is 4.08. The molecule has 0 radical (unpaired) electrons. The quantitative estimate of drug-likeness (QED) is 0.0273. The first-order valence-electron chi connectivity index (χ1n) is 26.2. The van der Waals surface area contributed by atoms with Gasteiger partial charge in [0.15, 0.2) is 0 Å². The summed E-state index contributed by atoms with van der Waals surface area (Å²) in [6.45, 7) is 4.65. The zero-order valence-electron chi connectivity index (χ0n) is 41.1. The van der Waals surface area contributed by atoms with E-state index in [1.165, 1.54) is 193 Å². The van der Waals surface area contributed by atoms with Crippen molar-refractivity contribution in [2.24, 2.45) is 0 Å². The molecule has 0 fully saturated rings. The second-order valence-electron chi connectivity index (χ2n) is 19.2. The third-order valence-corrected chi connectivity index (χ3v) is 12.9. The summed E-state index contributed by atoms with van der Waals surface area (Å²) < 4.78 is 23.2. The zero-order chi connectivity index (χ0) is 45.0. The van der Waals surface area contributed by atoms with Crippen molar-refractivity contribution in [3.63, 3.8) is 0 Å². The summed E-state index contributed by atoms with van der Waals surface area (Å²) in [6, 6.07) is -0.883. The van der Waals surface area contributed by atoms with Crippen LogP contribution in [0.25, 0.3) is 0 Å². The molecule has 0 aromatic carbocycles. The van der Waals surface area contributed by atoms with Gasteiger partial charge in [-0.1, -0.05) is 224 Å². The Morgan fingerprint density at radius 2 is 0.902 bits per heavy atom. The van der Waals surface area contributed by atoms with Crippen LogP contribution in [-0.4, -0.2) is 68.5 Å². The molecule has 0 heterocycles. The minimum atomic E-state index is -4.58. The largest absolute Gasteiger partial charge is 0.756 e. The van der Waals surface area contributed by atoms with Gasteiger partial charge in [0.2, 0.25) is 5.91 Å². The second-order valence-corrected chi connectivity index (χ2v) is 20.6. The van der Waals surface area contributed by atoms with Crippen LogP contribution < -0.4 is 10.2 Å². The number of rotatable bonds is 48. The zero-order valence-corrected chi connectivity index (χ0v) is 42.0. The number of allylic oxidation sites excluding steroid dienone is 3. The number of amides is 1. The number of likely N-dealkylation sites (N-methyl/N-ethyl adjacent to an activating group) is 1. The van der Waals surface area contributed by atoms with E-state index in [1.807, 2.05) is 27.2 Å². The van der Waals surface area contributed by atoms with Gasteiger partial charge in [0.05, 0.1) is 39.9 Å². The average molecular weight is 883 g/mol. The first-order valence-corrected chi connectivity index (χ1v) is 27.7. The molecule has 0 aliphatic carbocycles. The van der Waals surface area contributed by atoms with Gasteiger partial charge in [-0.05, 0) is 44.9 Å². The van der Waals surface area contributed by atoms with Gasteiger partial charge in [0.25, 0.3) is 7.82 Å². The first-order chi connectivity index (χ1) is 29.5. The number of hydrogen-bond donors (Lipinski definition) is 2. The Hall–Kier alpha value is -1.02. The summed E-state index contributed by atoms with van der Waals surface area (Å²) >= 11 is 0. The van der Waals surface area contributed by atoms with Gasteiger partial charge < -0.3 is 28.8 Å². The monoisotopic (exact) mass is 883 g/mol. The summed E-state index contributed by atoms with van der Waals surface area (Å²) in [7, 11) is 1.27. The highest BCUT2D eigenvalue weighted by atomic mass is 31.2. The van der Waals surface area contributed by atoms with Crippen molar-refractivity contribution in [1.82, 2.24) is 5.32 Å². The van der Waals surface area contributed by atoms with Crippen molar-refractivity contribution >= 4 is 13.7 Å². The third-order valence-electron chi connectivity index (χ3n) is 11.9. The van der Waals surface area contributed by atoms with Gasteiger partial charge in [-0.2, -0.15) is 0 Å². The molecule has 61 heavy (non-hydrogen) atoms. The van der Waals surface area contributed by atoms with Crippen molar-refractivity contribution in [2.45, 2.75) is 264 Å². The summed E-state index contributed by atoms with van der Waals surface area (Å²) in [5, 5.41) is 13.8. The fourth-order valence-corrected chi connectivity index (χ4v) is 8.46. The number of carbonyl (C=O) groups is 1. The topological polar surface area (TPSA) is 108 Å². The Kier molecular flexibility index (Phi) is 43.5. The molecule has 0 bridgehead atoms. The van der Waals surface area contributed by atoms with Gasteiger partial charge >= 0.3 is 0 Å². The molecule has 3 unspecified atom stereocenters. The molecule has 0 aliphatic heterocycles. The van der Waals surface area contributed by atoms with Crippen molar-refractivity contribution in [2.75, 3.05) is 40.9 Å². The van der Waals surface area contributed by atoms with Crippen molar-refractivity contribution in [3.8, 4) is 0 Å². The standard InChI is InChI=1S/C52H103N2O6P/c1-6-8-10-12-14-16-18-19-20-21-22-23-24-25-26-27-28-29-30-31-32-33-34-36-38-40-42-44-46-52(56)53-50(49-60-61(57,58)59-48-47-54(3,4)5)51(55)45-43-41-39-37-35-17-15-13-11-9-7-2/h25-26,43,45,50-51,55H,6-24,27-42,44,46-49H2,1-5H3,(H-,53,56,57,58)/b26-25-,45-43+. The minimum absolute atomic E-state index is 0.000321. The van der Waals surface area contributed by atoms with E-state index in [4.69, 9.17) is 9.05 Å². The summed E-state index contributed by atoms with van der Waals surface area (Å²) in [5.41, 5.74) is 0. The molecule has 0 spiro atoms. The molecular weight excluding hydrogens is 780 g/mol. The van der Waals surface area contributed by atoms with Gasteiger partial charge in [-0.25, -0.2) is 0 Å². The lowest BCUT2D eigenvalue weighted by molar-refractivity contribution is -0.870. The number of quaternary nitrogens is 1. The van der Waals surface area contributed by atoms with Crippen LogP contribution in [0, 0.1) is 0 Å². The molecule has 1 amide bonds. The second kappa shape index (κ2) is 44.2. The van der Waals surface area contributed by atoms with E-state index in [-0.39, 0.29) is 19.1 Å². The smallest absolute Gasteiger partial charge is 0.268 e. The number of nitrogens with one attached hydrogen (secondary N) is 1. The first kappa shape index (κ1) is 60.0. The fraction of sp³-hybridized carbons (Fsp3) is 0.904. The van der Waals surface area contributed by atoms with Crippen LogP contribution in [0.3, 0.4) is 0 Å². The maximum absolute atomic E-state index is 12.9. The highest BCUT2D eigenvalue weighted by Gasteiger charge is 2.23. The highest BCUT2D eigenvalue weighted by Crippen LogP contribution is 2.38. The molecule has 0 aromatic heterocycles. The molecule has 362 valence electrons. The van der Waals surface area contributed by atoms with E-state index >= 15 is 0 Å². The number of hydrogen-bond acceptors (Lipinski definition) is 6. The molecule has 0 rings (SSSR count). The molecule has 2 N–H and O–H groups in total. The number of phosphoric acid groups is 1. The van der Waals surface area contributed by atoms with E-state index in [2.05, 4.69) is 31.3 Å². The summed E-state index contributed by atoms with van der Waals surface area (Å²) in [4.78, 5) is 25.3. The van der Waals surface area contributed by atoms with Crippen LogP contribution in [0.1, 0.15) is 251 Å². The van der Waals surface area contributed by atoms with E-state index in [1.54, 1.807) is 6.08 Å². The SMILES string of the molecule is CCCCCCCCCCC/C=C/C(O)C(COP(=O)([O-])OCC[N+](C)(C)C)NC(=O)CCCCCCCCCCCCCC/C=C\CCCCCCCCCCCCCC. The number of unbranched alkanes of at least 4 members (excludes halogenated alkanes) is 33. The van der Waals surface area contributed by atoms with Gasteiger partial charge in [0, 0.05) is 6.42 Å². The molecule has 3 atom stereocenters. The van der Waals surface area contributed by atoms with Crippen molar-refractivity contribution in [1.29, 1.82) is 0 Å². The van der Waals surface area contributed by atoms with Crippen molar-refractivity contribution < 1.29 is 32.9 Å². The number of aliphatic hydroxyl groups is 1. The predicted octanol–water partition coefficient (Wildman–Crippen LogP) is 14.6. The minimum Gasteiger partial charge on any atom is -0.756 e. The van der Waals surface area contributed by atoms with Gasteiger partial charge in [-0.15, -0.1) is 0 Å². The Morgan fingerprint density at radius 1 is 0.557 bits per heavy atom. The molecular formula is C52H103N2O6P. The van der Waals surface area contributed by atoms with Crippen LogP contribution in [0.15, 0.2) is 24.3 Å². The normalized spacial score (nSPS) is 14.3. The fourth-order valence-electron chi connectivity index (χ4n) is 7.74. The number of nitrogens with zero attached hydrogens (tertiary/aromatic N) is 1. The van der Waals surface area contributed by atoms with Crippen LogP contribution >= 0.6 is 7.82 Å². The molecule has 8 nitrogen and oxygen atoms in total. The molecule has 0 aromatic rings. The number of aliphatic hydroxyl groups excluding tert-OH is 1. The Labute approximate surface area is 379 Å². The van der Waals surface area contributed by atoms with E-state index in [9.17, 15) is 19.4 Å². The molecule has 0 aliphatic rings. The Bertz CT molecular complexity index is 1050. The lowest BCUT2D eigenvalue weighted by Gasteiger charge is -2.29. The third kappa shape index (κ3) is 46.8.